The van der Waals surface area contributed by atoms with Gasteiger partial charge in [0.25, 0.3) is 5.56 Å². The normalized spacial score (nSPS) is 17.2. The van der Waals surface area contributed by atoms with Gasteiger partial charge in [-0.15, -0.1) is 0 Å². The first-order chi connectivity index (χ1) is 16.3. The molecule has 5 rings (SSSR count). The molecular weight excluding hydrogens is 426 g/mol. The van der Waals surface area contributed by atoms with Gasteiger partial charge in [0.1, 0.15) is 11.9 Å². The Hall–Kier alpha value is -3.41. The lowest BCUT2D eigenvalue weighted by Crippen LogP contribution is -2.45. The third-order valence-corrected chi connectivity index (χ3v) is 7.02. The third-order valence-electron chi connectivity index (χ3n) is 7.02. The summed E-state index contributed by atoms with van der Waals surface area (Å²) in [5.41, 5.74) is 3.65. The number of aryl methyl sites for hydroxylation is 1. The Bertz CT molecular complexity index is 1200. The van der Waals surface area contributed by atoms with Crippen LogP contribution in [-0.4, -0.2) is 33.2 Å². The summed E-state index contributed by atoms with van der Waals surface area (Å²) in [6.45, 7) is 7.01. The van der Waals surface area contributed by atoms with Crippen molar-refractivity contribution in [3.8, 4) is 0 Å². The maximum absolute atomic E-state index is 13.8. The van der Waals surface area contributed by atoms with E-state index in [0.29, 0.717) is 36.6 Å². The highest BCUT2D eigenvalue weighted by molar-refractivity contribution is 5.68. The van der Waals surface area contributed by atoms with Crippen LogP contribution in [0, 0.1) is 12.3 Å². The topological polar surface area (TPSA) is 64.4 Å². The van der Waals surface area contributed by atoms with E-state index in [-0.39, 0.29) is 29.2 Å². The van der Waals surface area contributed by atoms with Gasteiger partial charge in [-0.2, -0.15) is 0 Å². The van der Waals surface area contributed by atoms with Crippen LogP contribution in [-0.2, 0) is 17.7 Å². The van der Waals surface area contributed by atoms with Crippen molar-refractivity contribution >= 4 is 6.09 Å². The summed E-state index contributed by atoms with van der Waals surface area (Å²) in [7, 11) is 0. The first kappa shape index (κ1) is 22.4. The number of fused-ring (bicyclic) bond motifs is 1. The molecule has 1 amide bonds. The van der Waals surface area contributed by atoms with Crippen LogP contribution in [0.1, 0.15) is 60.9 Å². The molecule has 6 heteroatoms. The largest absolute Gasteiger partial charge is 0.446 e. The number of aromatic nitrogens is 2. The molecule has 0 N–H and O–H groups in total. The van der Waals surface area contributed by atoms with Crippen molar-refractivity contribution in [2.75, 3.05) is 6.54 Å². The number of amides is 1. The zero-order valence-corrected chi connectivity index (χ0v) is 20.0. The maximum Gasteiger partial charge on any atom is 0.410 e. The Kier molecular flexibility index (Phi) is 5.76. The summed E-state index contributed by atoms with van der Waals surface area (Å²) < 4.78 is 7.49. The van der Waals surface area contributed by atoms with Gasteiger partial charge in [0.15, 0.2) is 0 Å². The molecule has 0 atom stereocenters. The molecule has 1 aliphatic carbocycles. The highest BCUT2D eigenvalue weighted by Gasteiger charge is 2.40. The molecule has 0 radical (unpaired) electrons. The van der Waals surface area contributed by atoms with E-state index in [0.717, 1.165) is 24.0 Å². The first-order valence-corrected chi connectivity index (χ1v) is 12.0. The second kappa shape index (κ2) is 8.75. The number of nitrogens with zero attached hydrogens (tertiary/aromatic N) is 3. The Morgan fingerprint density at radius 1 is 1.03 bits per heavy atom. The number of carbonyl (C=O) groups excluding carboxylic acids is 1. The number of rotatable bonds is 4. The van der Waals surface area contributed by atoms with Gasteiger partial charge in [-0.1, -0.05) is 74.5 Å². The number of hydrogen-bond acceptors (Lipinski definition) is 4. The van der Waals surface area contributed by atoms with Gasteiger partial charge in [0.2, 0.25) is 0 Å². The van der Waals surface area contributed by atoms with Crippen molar-refractivity contribution in [2.45, 2.75) is 58.7 Å². The first-order valence-electron chi connectivity index (χ1n) is 12.0. The van der Waals surface area contributed by atoms with Gasteiger partial charge in [0.05, 0.1) is 18.3 Å². The van der Waals surface area contributed by atoms with Crippen LogP contribution < -0.4 is 5.56 Å². The summed E-state index contributed by atoms with van der Waals surface area (Å²) >= 11 is 0. The highest BCUT2D eigenvalue weighted by atomic mass is 16.6. The van der Waals surface area contributed by atoms with Crippen LogP contribution in [0.3, 0.4) is 0 Å². The van der Waals surface area contributed by atoms with E-state index in [1.165, 1.54) is 0 Å². The van der Waals surface area contributed by atoms with E-state index in [9.17, 15) is 9.59 Å². The standard InChI is InChI=1S/C28H31N3O3/c1-19-29-24-18-30(27(33)34-22-16-28(2,3)17-22)15-14-23(24)26(32)31(19)25(20-10-6-4-7-11-20)21-12-8-5-9-13-21/h4-13,22,25H,14-18H2,1-3H3. The fourth-order valence-electron chi connectivity index (χ4n) is 5.32. The zero-order valence-electron chi connectivity index (χ0n) is 20.0. The molecule has 6 nitrogen and oxygen atoms in total. The summed E-state index contributed by atoms with van der Waals surface area (Å²) in [6.07, 6.45) is 1.95. The highest BCUT2D eigenvalue weighted by Crippen LogP contribution is 2.42. The van der Waals surface area contributed by atoms with Crippen LogP contribution in [0.4, 0.5) is 4.79 Å². The van der Waals surface area contributed by atoms with Crippen LogP contribution >= 0.6 is 0 Å². The van der Waals surface area contributed by atoms with E-state index >= 15 is 0 Å². The van der Waals surface area contributed by atoms with Crippen molar-refractivity contribution in [1.29, 1.82) is 0 Å². The van der Waals surface area contributed by atoms with Crippen LogP contribution in [0.25, 0.3) is 0 Å². The smallest absolute Gasteiger partial charge is 0.410 e. The minimum absolute atomic E-state index is 0.0101. The predicted molar refractivity (Wildman–Crippen MR) is 131 cm³/mol. The Morgan fingerprint density at radius 3 is 2.18 bits per heavy atom. The molecule has 176 valence electrons. The minimum atomic E-state index is -0.304. The molecule has 1 saturated carbocycles. The predicted octanol–water partition coefficient (Wildman–Crippen LogP) is 4.87. The van der Waals surface area contributed by atoms with Gasteiger partial charge >= 0.3 is 6.09 Å². The Balaban J connectivity index is 1.45. The molecule has 1 aliphatic heterocycles. The molecule has 2 aliphatic rings. The molecule has 3 aromatic rings. The second-order valence-electron chi connectivity index (χ2n) is 10.2. The van der Waals surface area contributed by atoms with Crippen molar-refractivity contribution in [1.82, 2.24) is 14.5 Å². The number of ether oxygens (including phenoxy) is 1. The lowest BCUT2D eigenvalue weighted by atomic mass is 9.70. The van der Waals surface area contributed by atoms with Crippen molar-refractivity contribution in [3.05, 3.63) is 99.2 Å². The molecule has 34 heavy (non-hydrogen) atoms. The fraction of sp³-hybridized carbons (Fsp3) is 0.393. The fourth-order valence-corrected chi connectivity index (χ4v) is 5.32. The molecule has 0 bridgehead atoms. The minimum Gasteiger partial charge on any atom is -0.446 e. The van der Waals surface area contributed by atoms with Crippen molar-refractivity contribution < 1.29 is 9.53 Å². The summed E-state index contributed by atoms with van der Waals surface area (Å²) in [6, 6.07) is 19.8. The van der Waals surface area contributed by atoms with Gasteiger partial charge in [-0.3, -0.25) is 9.36 Å². The zero-order chi connectivity index (χ0) is 23.9. The van der Waals surface area contributed by atoms with Crippen LogP contribution in [0.2, 0.25) is 0 Å². The summed E-state index contributed by atoms with van der Waals surface area (Å²) in [5.74, 6) is 0.636. The van der Waals surface area contributed by atoms with Crippen molar-refractivity contribution in [2.24, 2.45) is 5.41 Å². The SMILES string of the molecule is Cc1nc2c(c(=O)n1C(c1ccccc1)c1ccccc1)CCN(C(=O)OC1CC(C)(C)C1)C2. The molecule has 2 aromatic carbocycles. The molecule has 1 fully saturated rings. The quantitative estimate of drug-likeness (QED) is 0.561. The maximum atomic E-state index is 13.8. The molecule has 1 aromatic heterocycles. The molecule has 2 heterocycles. The van der Waals surface area contributed by atoms with Gasteiger partial charge in [-0.05, 0) is 42.7 Å². The Labute approximate surface area is 200 Å². The van der Waals surface area contributed by atoms with Gasteiger partial charge in [0, 0.05) is 12.1 Å². The van der Waals surface area contributed by atoms with Gasteiger partial charge < -0.3 is 9.64 Å². The second-order valence-corrected chi connectivity index (χ2v) is 10.2. The number of carbonyl (C=O) groups is 1. The van der Waals surface area contributed by atoms with E-state index in [2.05, 4.69) is 13.8 Å². The molecule has 0 unspecified atom stereocenters. The number of benzene rings is 2. The Morgan fingerprint density at radius 2 is 1.62 bits per heavy atom. The lowest BCUT2D eigenvalue weighted by molar-refractivity contribution is -0.0369. The summed E-state index contributed by atoms with van der Waals surface area (Å²) in [5, 5.41) is 0. The van der Waals surface area contributed by atoms with E-state index in [1.807, 2.05) is 67.6 Å². The molecular formula is C28H31N3O3. The summed E-state index contributed by atoms with van der Waals surface area (Å²) in [4.78, 5) is 33.0. The lowest BCUT2D eigenvalue weighted by Gasteiger charge is -2.42. The van der Waals surface area contributed by atoms with Gasteiger partial charge in [-0.25, -0.2) is 9.78 Å². The average molecular weight is 458 g/mol. The number of hydrogen-bond donors (Lipinski definition) is 0. The van der Waals surface area contributed by atoms with E-state index < -0.39 is 0 Å². The average Bonchev–Trinajstić information content (AvgIpc) is 2.81. The third kappa shape index (κ3) is 4.25. The van der Waals surface area contributed by atoms with E-state index in [1.54, 1.807) is 9.47 Å². The van der Waals surface area contributed by atoms with Crippen molar-refractivity contribution in [3.63, 3.8) is 0 Å². The van der Waals surface area contributed by atoms with E-state index in [4.69, 9.17) is 9.72 Å². The molecule has 0 spiro atoms. The van der Waals surface area contributed by atoms with Crippen LogP contribution in [0.15, 0.2) is 65.5 Å². The molecule has 0 saturated heterocycles. The monoisotopic (exact) mass is 457 g/mol. The van der Waals surface area contributed by atoms with Crippen LogP contribution in [0.5, 0.6) is 0 Å².